The molecule has 1 aliphatic rings. The van der Waals surface area contributed by atoms with Gasteiger partial charge in [-0.05, 0) is 13.3 Å². The van der Waals surface area contributed by atoms with E-state index in [0.717, 1.165) is 12.6 Å². The van der Waals surface area contributed by atoms with Crippen LogP contribution in [0.1, 0.15) is 37.7 Å². The Morgan fingerprint density at radius 1 is 1.33 bits per heavy atom. The molecule has 0 aromatic carbocycles. The molecule has 1 aromatic rings. The molecule has 0 saturated heterocycles. The summed E-state index contributed by atoms with van der Waals surface area (Å²) in [4.78, 5) is 37.7. The molecule has 0 bridgehead atoms. The van der Waals surface area contributed by atoms with Gasteiger partial charge in [0.2, 0.25) is 17.5 Å². The predicted octanol–water partition coefficient (Wildman–Crippen LogP) is 1.01. The maximum atomic E-state index is 12.6. The minimum Gasteiger partial charge on any atom is -0.448 e. The Morgan fingerprint density at radius 3 is 2.75 bits per heavy atom. The van der Waals surface area contributed by atoms with Gasteiger partial charge in [-0.15, -0.1) is 0 Å². The minimum absolute atomic E-state index is 0.0708. The van der Waals surface area contributed by atoms with Crippen molar-refractivity contribution < 1.29 is 23.8 Å². The highest BCUT2D eigenvalue weighted by molar-refractivity contribution is 5.95. The zero-order chi connectivity index (χ0) is 17.7. The topological polar surface area (TPSA) is 100.0 Å². The van der Waals surface area contributed by atoms with Crippen molar-refractivity contribution in [2.45, 2.75) is 40.0 Å². The van der Waals surface area contributed by atoms with E-state index in [-0.39, 0.29) is 24.0 Å². The van der Waals surface area contributed by atoms with Gasteiger partial charge >= 0.3 is 6.16 Å². The summed E-state index contributed by atoms with van der Waals surface area (Å²) in [5, 5.41) is 3.97. The van der Waals surface area contributed by atoms with E-state index in [4.69, 9.17) is 9.47 Å². The van der Waals surface area contributed by atoms with Crippen molar-refractivity contribution >= 4 is 12.1 Å². The van der Waals surface area contributed by atoms with E-state index >= 15 is 0 Å². The molecule has 0 N–H and O–H groups in total. The highest BCUT2D eigenvalue weighted by atomic mass is 16.8. The number of aromatic nitrogens is 2. The fourth-order valence-electron chi connectivity index (χ4n) is 2.39. The van der Waals surface area contributed by atoms with Crippen LogP contribution in [0.4, 0.5) is 4.79 Å². The normalized spacial score (nSPS) is 14.8. The number of amides is 1. The predicted molar refractivity (Wildman–Crippen MR) is 82.9 cm³/mol. The van der Waals surface area contributed by atoms with Crippen molar-refractivity contribution in [2.24, 2.45) is 0 Å². The van der Waals surface area contributed by atoms with E-state index in [1.54, 1.807) is 11.8 Å². The second kappa shape index (κ2) is 7.80. The van der Waals surface area contributed by atoms with Crippen molar-refractivity contribution in [1.29, 1.82) is 0 Å². The van der Waals surface area contributed by atoms with Crippen molar-refractivity contribution in [1.82, 2.24) is 14.7 Å². The number of hydrogen-bond acceptors (Lipinski definition) is 7. The Bertz CT molecular complexity index is 672. The molecule has 1 unspecified atom stereocenters. The first kappa shape index (κ1) is 17.8. The van der Waals surface area contributed by atoms with E-state index in [0.29, 0.717) is 19.6 Å². The van der Waals surface area contributed by atoms with Crippen molar-refractivity contribution in [3.63, 3.8) is 0 Å². The zero-order valence-corrected chi connectivity index (χ0v) is 14.0. The molecule has 0 aliphatic carbocycles. The number of hydrogen-bond donors (Lipinski definition) is 0. The molecule has 1 aliphatic heterocycles. The first-order valence-electron chi connectivity index (χ1n) is 7.87. The van der Waals surface area contributed by atoms with Crippen molar-refractivity contribution in [3.8, 4) is 5.75 Å². The number of ether oxygens (including phenoxy) is 3. The van der Waals surface area contributed by atoms with E-state index in [9.17, 15) is 14.4 Å². The molecule has 132 valence electrons. The zero-order valence-electron chi connectivity index (χ0n) is 14.0. The molecule has 2 rings (SSSR count). The lowest BCUT2D eigenvalue weighted by atomic mass is 10.2. The van der Waals surface area contributed by atoms with Crippen LogP contribution in [0, 0.1) is 0 Å². The summed E-state index contributed by atoms with van der Waals surface area (Å²) < 4.78 is 16.4. The summed E-state index contributed by atoms with van der Waals surface area (Å²) in [6, 6.07) is 0. The van der Waals surface area contributed by atoms with Crippen LogP contribution in [-0.2, 0) is 16.0 Å². The summed E-state index contributed by atoms with van der Waals surface area (Å²) in [6.07, 6.45) is -0.113. The number of carbonyl (C=O) groups excluding carboxylic acids is 2. The lowest BCUT2D eigenvalue weighted by molar-refractivity contribution is -0.0531. The van der Waals surface area contributed by atoms with E-state index in [2.05, 4.69) is 9.84 Å². The lowest BCUT2D eigenvalue weighted by Crippen LogP contribution is -2.43. The minimum atomic E-state index is -1.08. The number of nitrogens with zero attached hydrogens (tertiary/aromatic N) is 3. The summed E-state index contributed by atoms with van der Waals surface area (Å²) in [7, 11) is 0. The van der Waals surface area contributed by atoms with E-state index in [1.807, 2.05) is 6.92 Å². The molecule has 9 nitrogen and oxygen atoms in total. The average Bonchev–Trinajstić information content (AvgIpc) is 2.53. The van der Waals surface area contributed by atoms with Gasteiger partial charge in [-0.25, -0.2) is 4.79 Å². The van der Waals surface area contributed by atoms with Gasteiger partial charge in [-0.2, -0.15) is 5.10 Å². The van der Waals surface area contributed by atoms with Crippen LogP contribution in [0.5, 0.6) is 5.75 Å². The van der Waals surface area contributed by atoms with Gasteiger partial charge in [0, 0.05) is 20.0 Å². The standard InChI is InChI=1S/C15H21N3O6/c1-4-6-17-7-8-18-12(14(17)20)13(11(19)9-16-18)23-10(3)24-15(21)22-5-2/h9-10H,4-8H2,1-3H3. The molecule has 2 heterocycles. The quantitative estimate of drug-likeness (QED) is 0.563. The van der Waals surface area contributed by atoms with Gasteiger partial charge in [0.15, 0.2) is 5.69 Å². The second-order valence-electron chi connectivity index (χ2n) is 5.19. The Labute approximate surface area is 139 Å². The van der Waals surface area contributed by atoms with Crippen LogP contribution >= 0.6 is 0 Å². The van der Waals surface area contributed by atoms with Gasteiger partial charge in [-0.3, -0.25) is 14.3 Å². The summed E-state index contributed by atoms with van der Waals surface area (Å²) in [5.74, 6) is -0.501. The third kappa shape index (κ3) is 3.84. The molecule has 0 fully saturated rings. The molecule has 9 heteroatoms. The van der Waals surface area contributed by atoms with Crippen LogP contribution < -0.4 is 10.2 Å². The fourth-order valence-corrected chi connectivity index (χ4v) is 2.39. The third-order valence-corrected chi connectivity index (χ3v) is 3.38. The first-order valence-corrected chi connectivity index (χ1v) is 7.87. The van der Waals surface area contributed by atoms with E-state index < -0.39 is 17.9 Å². The van der Waals surface area contributed by atoms with Crippen LogP contribution in [-0.4, -0.2) is 52.7 Å². The number of rotatable bonds is 6. The number of fused-ring (bicyclic) bond motifs is 1. The van der Waals surface area contributed by atoms with Gasteiger partial charge in [0.1, 0.15) is 0 Å². The van der Waals surface area contributed by atoms with Crippen molar-refractivity contribution in [3.05, 3.63) is 22.1 Å². The molecule has 1 aromatic heterocycles. The highest BCUT2D eigenvalue weighted by Gasteiger charge is 2.30. The second-order valence-corrected chi connectivity index (χ2v) is 5.19. The van der Waals surface area contributed by atoms with Crippen LogP contribution in [0.2, 0.25) is 0 Å². The lowest BCUT2D eigenvalue weighted by Gasteiger charge is -2.29. The summed E-state index contributed by atoms with van der Waals surface area (Å²) >= 11 is 0. The molecule has 0 spiro atoms. The molecule has 0 saturated carbocycles. The molecule has 1 atom stereocenters. The summed E-state index contributed by atoms with van der Waals surface area (Å²) in [5.41, 5.74) is -0.478. The van der Waals surface area contributed by atoms with Gasteiger partial charge in [-0.1, -0.05) is 6.92 Å². The fraction of sp³-hybridized carbons (Fsp3) is 0.600. The Kier molecular flexibility index (Phi) is 5.78. The van der Waals surface area contributed by atoms with Gasteiger partial charge < -0.3 is 19.1 Å². The third-order valence-electron chi connectivity index (χ3n) is 3.38. The summed E-state index contributed by atoms with van der Waals surface area (Å²) in [6.45, 7) is 6.75. The Balaban J connectivity index is 2.26. The molecule has 1 amide bonds. The molecule has 0 radical (unpaired) electrons. The van der Waals surface area contributed by atoms with Gasteiger partial charge in [0.25, 0.3) is 5.91 Å². The smallest absolute Gasteiger partial charge is 0.448 e. The SMILES string of the molecule is CCCN1CCn2ncc(=O)c(OC(C)OC(=O)OCC)c2C1=O. The molecular weight excluding hydrogens is 318 g/mol. The monoisotopic (exact) mass is 339 g/mol. The van der Waals surface area contributed by atoms with Gasteiger partial charge in [0.05, 0.1) is 19.3 Å². The largest absolute Gasteiger partial charge is 0.511 e. The highest BCUT2D eigenvalue weighted by Crippen LogP contribution is 2.20. The average molecular weight is 339 g/mol. The van der Waals surface area contributed by atoms with Crippen LogP contribution in [0.3, 0.4) is 0 Å². The number of carbonyl (C=O) groups is 2. The van der Waals surface area contributed by atoms with Crippen LogP contribution in [0.25, 0.3) is 0 Å². The Morgan fingerprint density at radius 2 is 2.08 bits per heavy atom. The first-order chi connectivity index (χ1) is 11.5. The molecule has 24 heavy (non-hydrogen) atoms. The van der Waals surface area contributed by atoms with Crippen molar-refractivity contribution in [2.75, 3.05) is 19.7 Å². The van der Waals surface area contributed by atoms with Crippen LogP contribution in [0.15, 0.2) is 11.0 Å². The maximum Gasteiger partial charge on any atom is 0.511 e. The maximum absolute atomic E-state index is 12.6. The Hall–Kier alpha value is -2.58. The molecular formula is C15H21N3O6. The van der Waals surface area contributed by atoms with E-state index in [1.165, 1.54) is 11.6 Å².